The Kier molecular flexibility index (Phi) is 5.79. The van der Waals surface area contributed by atoms with E-state index in [0.717, 1.165) is 26.2 Å². The standard InChI is InChI=1S/C20H23N3O5/c1-21-8-10-22(11-9-21)17-6-5-15(23(25)26)13-16(17)20(24)14-4-7-18(27-2)19(12-14)28-3/h4-7,12-13H,8-11H2,1-3H3. The zero-order valence-electron chi connectivity index (χ0n) is 16.2. The Morgan fingerprint density at radius 2 is 1.68 bits per heavy atom. The lowest BCUT2D eigenvalue weighted by Gasteiger charge is -2.35. The van der Waals surface area contributed by atoms with Crippen molar-refractivity contribution in [3.63, 3.8) is 0 Å². The van der Waals surface area contributed by atoms with Crippen LogP contribution in [0.15, 0.2) is 36.4 Å². The van der Waals surface area contributed by atoms with Crippen LogP contribution in [0.2, 0.25) is 0 Å². The smallest absolute Gasteiger partial charge is 0.270 e. The van der Waals surface area contributed by atoms with Crippen LogP contribution in [0.1, 0.15) is 15.9 Å². The van der Waals surface area contributed by atoms with Crippen LogP contribution in [0.3, 0.4) is 0 Å². The van der Waals surface area contributed by atoms with Gasteiger partial charge in [0.05, 0.1) is 24.7 Å². The molecule has 0 aliphatic carbocycles. The normalized spacial score (nSPS) is 14.6. The van der Waals surface area contributed by atoms with Gasteiger partial charge in [0, 0.05) is 49.6 Å². The summed E-state index contributed by atoms with van der Waals surface area (Å²) in [7, 11) is 5.06. The average Bonchev–Trinajstić information content (AvgIpc) is 2.72. The molecule has 0 unspecified atom stereocenters. The molecule has 8 heteroatoms. The molecule has 2 aromatic rings. The van der Waals surface area contributed by atoms with Gasteiger partial charge in [-0.25, -0.2) is 0 Å². The molecule has 0 atom stereocenters. The molecule has 2 aromatic carbocycles. The Hall–Kier alpha value is -3.13. The highest BCUT2D eigenvalue weighted by Crippen LogP contribution is 2.32. The molecule has 1 heterocycles. The maximum atomic E-state index is 13.3. The maximum Gasteiger partial charge on any atom is 0.270 e. The Bertz CT molecular complexity index is 891. The molecule has 0 spiro atoms. The number of hydrogen-bond donors (Lipinski definition) is 0. The van der Waals surface area contributed by atoms with Crippen LogP contribution in [0.4, 0.5) is 11.4 Å². The van der Waals surface area contributed by atoms with E-state index >= 15 is 0 Å². The number of anilines is 1. The van der Waals surface area contributed by atoms with E-state index < -0.39 is 4.92 Å². The van der Waals surface area contributed by atoms with Crippen molar-refractivity contribution in [2.24, 2.45) is 0 Å². The molecule has 148 valence electrons. The van der Waals surface area contributed by atoms with E-state index in [9.17, 15) is 14.9 Å². The van der Waals surface area contributed by atoms with Crippen LogP contribution >= 0.6 is 0 Å². The third-order valence-corrected chi connectivity index (χ3v) is 4.93. The Morgan fingerprint density at radius 3 is 2.29 bits per heavy atom. The zero-order valence-corrected chi connectivity index (χ0v) is 16.2. The number of nitro groups is 1. The second-order valence-corrected chi connectivity index (χ2v) is 6.65. The number of nitro benzene ring substituents is 1. The number of carbonyl (C=O) groups excluding carboxylic acids is 1. The van der Waals surface area contributed by atoms with Crippen molar-refractivity contribution in [2.45, 2.75) is 0 Å². The number of ketones is 1. The van der Waals surface area contributed by atoms with Gasteiger partial charge in [0.2, 0.25) is 0 Å². The van der Waals surface area contributed by atoms with E-state index in [1.165, 1.54) is 26.4 Å². The molecule has 0 aromatic heterocycles. The first kappa shape index (κ1) is 19.6. The van der Waals surface area contributed by atoms with E-state index in [0.29, 0.717) is 28.3 Å². The fourth-order valence-electron chi connectivity index (χ4n) is 3.28. The molecule has 0 amide bonds. The second kappa shape index (κ2) is 8.26. The van der Waals surface area contributed by atoms with Crippen LogP contribution in [-0.4, -0.2) is 63.1 Å². The van der Waals surface area contributed by atoms with Crippen molar-refractivity contribution >= 4 is 17.2 Å². The molecule has 1 fully saturated rings. The highest BCUT2D eigenvalue weighted by atomic mass is 16.6. The fraction of sp³-hybridized carbons (Fsp3) is 0.350. The van der Waals surface area contributed by atoms with Gasteiger partial charge in [0.25, 0.3) is 5.69 Å². The monoisotopic (exact) mass is 385 g/mol. The van der Waals surface area contributed by atoms with Gasteiger partial charge in [-0.05, 0) is 31.3 Å². The molecule has 0 bridgehead atoms. The molecule has 1 aliphatic heterocycles. The molecule has 0 radical (unpaired) electrons. The second-order valence-electron chi connectivity index (χ2n) is 6.65. The number of hydrogen-bond acceptors (Lipinski definition) is 7. The van der Waals surface area contributed by atoms with E-state index in [1.54, 1.807) is 24.3 Å². The predicted octanol–water partition coefficient (Wildman–Crippen LogP) is 2.59. The molecule has 1 aliphatic rings. The summed E-state index contributed by atoms with van der Waals surface area (Å²) in [5.41, 5.74) is 1.29. The minimum atomic E-state index is -0.487. The number of methoxy groups -OCH3 is 2. The number of carbonyl (C=O) groups is 1. The van der Waals surface area contributed by atoms with E-state index in [-0.39, 0.29) is 11.5 Å². The van der Waals surface area contributed by atoms with Crippen LogP contribution in [0.5, 0.6) is 11.5 Å². The summed E-state index contributed by atoms with van der Waals surface area (Å²) in [6.45, 7) is 3.23. The van der Waals surface area contributed by atoms with E-state index in [2.05, 4.69) is 9.80 Å². The lowest BCUT2D eigenvalue weighted by molar-refractivity contribution is -0.384. The average molecular weight is 385 g/mol. The Morgan fingerprint density at radius 1 is 1.00 bits per heavy atom. The highest BCUT2D eigenvalue weighted by molar-refractivity contribution is 6.13. The largest absolute Gasteiger partial charge is 0.493 e. The van der Waals surface area contributed by atoms with Gasteiger partial charge < -0.3 is 19.3 Å². The highest BCUT2D eigenvalue weighted by Gasteiger charge is 2.24. The summed E-state index contributed by atoms with van der Waals surface area (Å²) in [5.74, 6) is 0.649. The minimum Gasteiger partial charge on any atom is -0.493 e. The van der Waals surface area contributed by atoms with Gasteiger partial charge in [-0.1, -0.05) is 0 Å². The van der Waals surface area contributed by atoms with Crippen molar-refractivity contribution in [1.82, 2.24) is 4.90 Å². The van der Waals surface area contributed by atoms with E-state index in [4.69, 9.17) is 9.47 Å². The van der Waals surface area contributed by atoms with E-state index in [1.807, 2.05) is 7.05 Å². The third kappa shape index (κ3) is 3.91. The van der Waals surface area contributed by atoms with Gasteiger partial charge in [-0.2, -0.15) is 0 Å². The molecule has 0 N–H and O–H groups in total. The molecule has 1 saturated heterocycles. The number of piperazine rings is 1. The SMILES string of the molecule is COc1ccc(C(=O)c2cc([N+](=O)[O-])ccc2N2CCN(C)CC2)cc1OC. The number of rotatable bonds is 6. The first-order chi connectivity index (χ1) is 13.4. The number of nitrogens with zero attached hydrogens (tertiary/aromatic N) is 3. The predicted molar refractivity (Wildman–Crippen MR) is 106 cm³/mol. The van der Waals surface area contributed by atoms with Crippen molar-refractivity contribution in [2.75, 3.05) is 52.3 Å². The first-order valence-corrected chi connectivity index (χ1v) is 8.93. The summed E-state index contributed by atoms with van der Waals surface area (Å²) >= 11 is 0. The summed E-state index contributed by atoms with van der Waals surface area (Å²) in [5, 5.41) is 11.3. The lowest BCUT2D eigenvalue weighted by atomic mass is 9.99. The molecule has 3 rings (SSSR count). The molecular formula is C20H23N3O5. The van der Waals surface area contributed by atoms with Crippen LogP contribution in [-0.2, 0) is 0 Å². The quantitative estimate of drug-likeness (QED) is 0.429. The molecule has 8 nitrogen and oxygen atoms in total. The lowest BCUT2D eigenvalue weighted by Crippen LogP contribution is -2.45. The summed E-state index contributed by atoms with van der Waals surface area (Å²) < 4.78 is 10.5. The van der Waals surface area contributed by atoms with Crippen LogP contribution in [0.25, 0.3) is 0 Å². The van der Waals surface area contributed by atoms with Gasteiger partial charge in [-0.3, -0.25) is 14.9 Å². The van der Waals surface area contributed by atoms with Crippen molar-refractivity contribution < 1.29 is 19.2 Å². The third-order valence-electron chi connectivity index (χ3n) is 4.93. The van der Waals surface area contributed by atoms with Gasteiger partial charge in [0.1, 0.15) is 0 Å². The number of benzene rings is 2. The molecule has 0 saturated carbocycles. The Balaban J connectivity index is 2.04. The number of ether oxygens (including phenoxy) is 2. The van der Waals surface area contributed by atoms with Crippen molar-refractivity contribution in [3.8, 4) is 11.5 Å². The summed E-state index contributed by atoms with van der Waals surface area (Å²) in [6, 6.07) is 9.34. The maximum absolute atomic E-state index is 13.3. The van der Waals surface area contributed by atoms with Crippen molar-refractivity contribution in [1.29, 1.82) is 0 Å². The molecular weight excluding hydrogens is 362 g/mol. The summed E-state index contributed by atoms with van der Waals surface area (Å²) in [6.07, 6.45) is 0. The fourth-order valence-corrected chi connectivity index (χ4v) is 3.28. The van der Waals surface area contributed by atoms with Crippen molar-refractivity contribution in [3.05, 3.63) is 57.6 Å². The van der Waals surface area contributed by atoms with Crippen LogP contribution in [0, 0.1) is 10.1 Å². The number of non-ortho nitro benzene ring substituents is 1. The number of likely N-dealkylation sites (N-methyl/N-ethyl adjacent to an activating group) is 1. The minimum absolute atomic E-state index is 0.110. The topological polar surface area (TPSA) is 85.1 Å². The summed E-state index contributed by atoms with van der Waals surface area (Å²) in [4.78, 5) is 28.3. The van der Waals surface area contributed by atoms with Crippen LogP contribution < -0.4 is 14.4 Å². The van der Waals surface area contributed by atoms with Gasteiger partial charge >= 0.3 is 0 Å². The zero-order chi connectivity index (χ0) is 20.3. The van der Waals surface area contributed by atoms with Gasteiger partial charge in [-0.15, -0.1) is 0 Å². The van der Waals surface area contributed by atoms with Gasteiger partial charge in [0.15, 0.2) is 17.3 Å². The molecule has 28 heavy (non-hydrogen) atoms. The first-order valence-electron chi connectivity index (χ1n) is 8.93. The Labute approximate surface area is 163 Å².